The lowest BCUT2D eigenvalue weighted by Crippen LogP contribution is -2.21. The van der Waals surface area contributed by atoms with Gasteiger partial charge in [-0.1, -0.05) is 19.3 Å². The summed E-state index contributed by atoms with van der Waals surface area (Å²) in [5, 5.41) is 3.51. The summed E-state index contributed by atoms with van der Waals surface area (Å²) in [5.41, 5.74) is 1.14. The molecule has 1 aromatic heterocycles. The van der Waals surface area contributed by atoms with Crippen LogP contribution in [0.2, 0.25) is 0 Å². The van der Waals surface area contributed by atoms with E-state index in [2.05, 4.69) is 11.4 Å². The van der Waals surface area contributed by atoms with E-state index in [0.29, 0.717) is 6.04 Å². The van der Waals surface area contributed by atoms with Crippen molar-refractivity contribution in [2.24, 2.45) is 0 Å². The molecule has 0 radical (unpaired) electrons. The minimum absolute atomic E-state index is 0.672. The van der Waals surface area contributed by atoms with Crippen molar-refractivity contribution in [2.75, 3.05) is 5.32 Å². The fourth-order valence-corrected chi connectivity index (χ4v) is 2.00. The average molecular weight is 179 g/mol. The van der Waals surface area contributed by atoms with Crippen molar-refractivity contribution in [2.45, 2.75) is 45.1 Å². The molecule has 2 heteroatoms. The van der Waals surface area contributed by atoms with E-state index in [1.54, 1.807) is 0 Å². The van der Waals surface area contributed by atoms with Gasteiger partial charge in [-0.2, -0.15) is 0 Å². The summed E-state index contributed by atoms with van der Waals surface area (Å²) in [4.78, 5) is 0. The normalized spacial score (nSPS) is 18.8. The molecule has 1 saturated carbocycles. The van der Waals surface area contributed by atoms with Crippen molar-refractivity contribution in [1.29, 1.82) is 0 Å². The van der Waals surface area contributed by atoms with E-state index in [-0.39, 0.29) is 0 Å². The smallest absolute Gasteiger partial charge is 0.114 e. The van der Waals surface area contributed by atoms with Gasteiger partial charge < -0.3 is 9.73 Å². The van der Waals surface area contributed by atoms with Gasteiger partial charge in [-0.3, -0.25) is 0 Å². The Kier molecular flexibility index (Phi) is 2.57. The highest BCUT2D eigenvalue weighted by Crippen LogP contribution is 2.22. The minimum atomic E-state index is 0.672. The lowest BCUT2D eigenvalue weighted by atomic mass is 9.95. The number of hydrogen-bond donors (Lipinski definition) is 1. The van der Waals surface area contributed by atoms with Gasteiger partial charge in [0.1, 0.15) is 12.0 Å². The fraction of sp³-hybridized carbons (Fsp3) is 0.636. The van der Waals surface area contributed by atoms with Crippen LogP contribution in [-0.4, -0.2) is 6.04 Å². The van der Waals surface area contributed by atoms with Crippen LogP contribution >= 0.6 is 0 Å². The molecular formula is C11H17NO. The summed E-state index contributed by atoms with van der Waals surface area (Å²) in [6.45, 7) is 1.98. The zero-order valence-electron chi connectivity index (χ0n) is 8.18. The first-order valence-electron chi connectivity index (χ1n) is 5.16. The summed E-state index contributed by atoms with van der Waals surface area (Å²) < 4.78 is 5.24. The van der Waals surface area contributed by atoms with Crippen LogP contribution in [0.3, 0.4) is 0 Å². The van der Waals surface area contributed by atoms with E-state index < -0.39 is 0 Å². The maximum absolute atomic E-state index is 5.24. The van der Waals surface area contributed by atoms with Crippen molar-refractivity contribution in [1.82, 2.24) is 0 Å². The van der Waals surface area contributed by atoms with Gasteiger partial charge in [0.05, 0.1) is 5.69 Å². The van der Waals surface area contributed by atoms with Gasteiger partial charge in [-0.25, -0.2) is 0 Å². The number of furan rings is 1. The number of aryl methyl sites for hydroxylation is 1. The van der Waals surface area contributed by atoms with Crippen molar-refractivity contribution >= 4 is 5.69 Å². The Morgan fingerprint density at radius 2 is 2.08 bits per heavy atom. The molecule has 0 saturated heterocycles. The van der Waals surface area contributed by atoms with Gasteiger partial charge in [0.15, 0.2) is 0 Å². The van der Waals surface area contributed by atoms with Crippen LogP contribution in [0.5, 0.6) is 0 Å². The van der Waals surface area contributed by atoms with E-state index in [9.17, 15) is 0 Å². The summed E-state index contributed by atoms with van der Waals surface area (Å²) in [6.07, 6.45) is 8.57. The number of rotatable bonds is 2. The standard InChI is InChI=1S/C11H17NO/c1-9-7-11(8-13-9)12-10-5-3-2-4-6-10/h7-8,10,12H,2-6H2,1H3. The number of nitrogens with one attached hydrogen (secondary N) is 1. The van der Waals surface area contributed by atoms with E-state index in [1.807, 2.05) is 13.2 Å². The lowest BCUT2D eigenvalue weighted by Gasteiger charge is -2.22. The molecule has 1 aliphatic rings. The monoisotopic (exact) mass is 179 g/mol. The van der Waals surface area contributed by atoms with Crippen LogP contribution < -0.4 is 5.32 Å². The third-order valence-electron chi connectivity index (χ3n) is 2.71. The molecule has 0 unspecified atom stereocenters. The zero-order valence-corrected chi connectivity index (χ0v) is 8.18. The van der Waals surface area contributed by atoms with Gasteiger partial charge >= 0.3 is 0 Å². The van der Waals surface area contributed by atoms with Crippen molar-refractivity contribution in [3.63, 3.8) is 0 Å². The topological polar surface area (TPSA) is 25.2 Å². The molecular weight excluding hydrogens is 162 g/mol. The zero-order chi connectivity index (χ0) is 9.10. The molecule has 0 spiro atoms. The molecule has 1 heterocycles. The molecule has 1 aliphatic carbocycles. The molecule has 0 aromatic carbocycles. The highest BCUT2D eigenvalue weighted by molar-refractivity contribution is 5.42. The first-order chi connectivity index (χ1) is 6.34. The molecule has 0 amide bonds. The van der Waals surface area contributed by atoms with Crippen LogP contribution in [-0.2, 0) is 0 Å². The maximum Gasteiger partial charge on any atom is 0.114 e. The summed E-state index contributed by atoms with van der Waals surface area (Å²) in [5.74, 6) is 0.985. The van der Waals surface area contributed by atoms with E-state index in [4.69, 9.17) is 4.42 Å². The summed E-state index contributed by atoms with van der Waals surface area (Å²) in [6, 6.07) is 2.74. The molecule has 2 nitrogen and oxygen atoms in total. The fourth-order valence-electron chi connectivity index (χ4n) is 2.00. The molecule has 0 aliphatic heterocycles. The van der Waals surface area contributed by atoms with E-state index >= 15 is 0 Å². The molecule has 1 N–H and O–H groups in total. The summed E-state index contributed by atoms with van der Waals surface area (Å²) in [7, 11) is 0. The second-order valence-corrected chi connectivity index (χ2v) is 3.93. The first-order valence-corrected chi connectivity index (χ1v) is 5.16. The first kappa shape index (κ1) is 8.67. The SMILES string of the molecule is Cc1cc(NC2CCCCC2)co1. The van der Waals surface area contributed by atoms with Crippen LogP contribution in [0.15, 0.2) is 16.7 Å². The molecule has 1 fully saturated rings. The van der Waals surface area contributed by atoms with Crippen LogP contribution in [0, 0.1) is 6.92 Å². The minimum Gasteiger partial charge on any atom is -0.467 e. The number of anilines is 1. The van der Waals surface area contributed by atoms with Crippen molar-refractivity contribution in [3.8, 4) is 0 Å². The van der Waals surface area contributed by atoms with Crippen LogP contribution in [0.4, 0.5) is 5.69 Å². The third-order valence-corrected chi connectivity index (χ3v) is 2.71. The second-order valence-electron chi connectivity index (χ2n) is 3.93. The Labute approximate surface area is 79.3 Å². The Balaban J connectivity index is 1.89. The molecule has 0 bridgehead atoms. The van der Waals surface area contributed by atoms with E-state index in [0.717, 1.165) is 11.4 Å². The van der Waals surface area contributed by atoms with Crippen LogP contribution in [0.1, 0.15) is 37.9 Å². The largest absolute Gasteiger partial charge is 0.467 e. The quantitative estimate of drug-likeness (QED) is 0.753. The average Bonchev–Trinajstić information content (AvgIpc) is 2.53. The lowest BCUT2D eigenvalue weighted by molar-refractivity contribution is 0.462. The summed E-state index contributed by atoms with van der Waals surface area (Å²) >= 11 is 0. The predicted molar refractivity (Wildman–Crippen MR) is 53.9 cm³/mol. The third kappa shape index (κ3) is 2.27. The molecule has 13 heavy (non-hydrogen) atoms. The van der Waals surface area contributed by atoms with E-state index in [1.165, 1.54) is 32.1 Å². The molecule has 1 aromatic rings. The second kappa shape index (κ2) is 3.86. The number of hydrogen-bond acceptors (Lipinski definition) is 2. The molecule has 0 atom stereocenters. The van der Waals surface area contributed by atoms with Crippen LogP contribution in [0.25, 0.3) is 0 Å². The Bertz CT molecular complexity index is 261. The Hall–Kier alpha value is -0.920. The highest BCUT2D eigenvalue weighted by atomic mass is 16.3. The van der Waals surface area contributed by atoms with Gasteiger partial charge in [-0.15, -0.1) is 0 Å². The van der Waals surface area contributed by atoms with Gasteiger partial charge in [0.25, 0.3) is 0 Å². The van der Waals surface area contributed by atoms with Gasteiger partial charge in [0.2, 0.25) is 0 Å². The van der Waals surface area contributed by atoms with Crippen molar-refractivity contribution in [3.05, 3.63) is 18.1 Å². The van der Waals surface area contributed by atoms with Crippen molar-refractivity contribution < 1.29 is 4.42 Å². The van der Waals surface area contributed by atoms with Gasteiger partial charge in [-0.05, 0) is 19.8 Å². The maximum atomic E-state index is 5.24. The molecule has 2 rings (SSSR count). The Morgan fingerprint density at radius 3 is 2.69 bits per heavy atom. The van der Waals surface area contributed by atoms with Gasteiger partial charge in [0, 0.05) is 12.1 Å². The Morgan fingerprint density at radius 1 is 1.31 bits per heavy atom. The highest BCUT2D eigenvalue weighted by Gasteiger charge is 2.13. The predicted octanol–water partition coefficient (Wildman–Crippen LogP) is 3.33. The molecule has 72 valence electrons.